The number of hydrogen-bond acceptors (Lipinski definition) is 5. The van der Waals surface area contributed by atoms with Gasteiger partial charge < -0.3 is 10.1 Å². The van der Waals surface area contributed by atoms with Crippen LogP contribution in [0.25, 0.3) is 10.8 Å². The number of hydrogen-bond donors (Lipinski definition) is 2. The second-order valence-electron chi connectivity index (χ2n) is 6.69. The van der Waals surface area contributed by atoms with Crippen LogP contribution in [0.4, 0.5) is 11.4 Å². The topological polar surface area (TPSA) is 97.4 Å². The Morgan fingerprint density at radius 3 is 2.42 bits per heavy atom. The summed E-state index contributed by atoms with van der Waals surface area (Å²) in [6.45, 7) is -0.170. The zero-order chi connectivity index (χ0) is 21.7. The molecule has 0 fully saturated rings. The van der Waals surface area contributed by atoms with Crippen molar-refractivity contribution >= 4 is 38.1 Å². The molecule has 31 heavy (non-hydrogen) atoms. The van der Waals surface area contributed by atoms with E-state index in [1.807, 2.05) is 42.5 Å². The summed E-state index contributed by atoms with van der Waals surface area (Å²) in [5, 5.41) is 4.65. The first kappa shape index (κ1) is 20.4. The summed E-state index contributed by atoms with van der Waals surface area (Å²) in [6, 6.07) is 22.5. The molecule has 3 aromatic carbocycles. The fraction of sp³-hybridized carbons (Fsp3) is 0.0435. The van der Waals surface area contributed by atoms with Crippen molar-refractivity contribution in [3.63, 3.8) is 0 Å². The van der Waals surface area contributed by atoms with Crippen molar-refractivity contribution in [1.29, 1.82) is 0 Å². The quantitative estimate of drug-likeness (QED) is 0.458. The van der Waals surface area contributed by atoms with E-state index in [1.165, 1.54) is 30.5 Å². The van der Waals surface area contributed by atoms with Crippen LogP contribution in [0, 0.1) is 0 Å². The molecule has 156 valence electrons. The second-order valence-corrected chi connectivity index (χ2v) is 8.37. The molecule has 0 aliphatic rings. The number of nitrogens with one attached hydrogen (secondary N) is 2. The van der Waals surface area contributed by atoms with Gasteiger partial charge in [-0.25, -0.2) is 8.42 Å². The van der Waals surface area contributed by atoms with Gasteiger partial charge in [0.1, 0.15) is 5.75 Å². The summed E-state index contributed by atoms with van der Waals surface area (Å²) < 4.78 is 33.0. The molecule has 1 heterocycles. The lowest BCUT2D eigenvalue weighted by Crippen LogP contribution is -2.20. The number of anilines is 2. The molecule has 0 aliphatic carbocycles. The Kier molecular flexibility index (Phi) is 5.81. The van der Waals surface area contributed by atoms with Crippen molar-refractivity contribution in [3.05, 3.63) is 91.3 Å². The molecular weight excluding hydrogens is 414 g/mol. The zero-order valence-electron chi connectivity index (χ0n) is 16.4. The van der Waals surface area contributed by atoms with Gasteiger partial charge in [-0.2, -0.15) is 0 Å². The molecule has 1 amide bonds. The molecule has 8 heteroatoms. The van der Waals surface area contributed by atoms with Gasteiger partial charge in [0.15, 0.2) is 6.61 Å². The van der Waals surface area contributed by atoms with Crippen LogP contribution in [0.2, 0.25) is 0 Å². The van der Waals surface area contributed by atoms with Crippen molar-refractivity contribution in [2.45, 2.75) is 4.90 Å². The van der Waals surface area contributed by atoms with Gasteiger partial charge in [-0.3, -0.25) is 14.5 Å². The Morgan fingerprint density at radius 1 is 0.871 bits per heavy atom. The first-order chi connectivity index (χ1) is 15.0. The Bertz CT molecular complexity index is 1300. The number of benzene rings is 3. The van der Waals surface area contributed by atoms with Gasteiger partial charge in [0.25, 0.3) is 15.9 Å². The number of fused-ring (bicyclic) bond motifs is 1. The number of ether oxygens (including phenoxy) is 1. The van der Waals surface area contributed by atoms with Gasteiger partial charge in [-0.15, -0.1) is 0 Å². The van der Waals surface area contributed by atoms with Crippen LogP contribution < -0.4 is 14.8 Å². The predicted octanol–water partition coefficient (Wildman–Crippen LogP) is 4.05. The summed E-state index contributed by atoms with van der Waals surface area (Å²) in [5.74, 6) is 0.271. The lowest BCUT2D eigenvalue weighted by molar-refractivity contribution is -0.118. The maximum Gasteiger partial charge on any atom is 0.262 e. The summed E-state index contributed by atoms with van der Waals surface area (Å²) >= 11 is 0. The minimum Gasteiger partial charge on any atom is -0.483 e. The third kappa shape index (κ3) is 4.99. The van der Waals surface area contributed by atoms with E-state index in [0.717, 1.165) is 10.8 Å². The number of rotatable bonds is 7. The van der Waals surface area contributed by atoms with Gasteiger partial charge in [-0.1, -0.05) is 36.4 Å². The van der Waals surface area contributed by atoms with Gasteiger partial charge in [0.2, 0.25) is 0 Å². The Labute approximate surface area is 179 Å². The molecule has 0 spiro atoms. The van der Waals surface area contributed by atoms with Crippen LogP contribution in [-0.4, -0.2) is 25.9 Å². The van der Waals surface area contributed by atoms with Crippen LogP contribution in [0.15, 0.2) is 96.2 Å². The number of sulfonamides is 1. The molecule has 0 atom stereocenters. The normalized spacial score (nSPS) is 11.1. The first-order valence-electron chi connectivity index (χ1n) is 9.45. The fourth-order valence-corrected chi connectivity index (χ4v) is 4.06. The zero-order valence-corrected chi connectivity index (χ0v) is 17.2. The van der Waals surface area contributed by atoms with E-state index in [0.29, 0.717) is 17.1 Å². The van der Waals surface area contributed by atoms with Gasteiger partial charge in [0.05, 0.1) is 16.8 Å². The lowest BCUT2D eigenvalue weighted by Gasteiger charge is -2.11. The van der Waals surface area contributed by atoms with E-state index in [-0.39, 0.29) is 17.4 Å². The summed E-state index contributed by atoms with van der Waals surface area (Å²) in [7, 11) is -3.75. The lowest BCUT2D eigenvalue weighted by atomic mass is 10.1. The molecule has 4 rings (SSSR count). The predicted molar refractivity (Wildman–Crippen MR) is 120 cm³/mol. The molecule has 0 saturated heterocycles. The van der Waals surface area contributed by atoms with E-state index < -0.39 is 10.0 Å². The van der Waals surface area contributed by atoms with E-state index in [2.05, 4.69) is 15.0 Å². The highest BCUT2D eigenvalue weighted by Crippen LogP contribution is 2.25. The molecule has 4 aromatic rings. The number of amides is 1. The third-order valence-electron chi connectivity index (χ3n) is 4.47. The van der Waals surface area contributed by atoms with Crippen LogP contribution in [-0.2, 0) is 14.8 Å². The summed E-state index contributed by atoms with van der Waals surface area (Å²) in [5.41, 5.74) is 0.831. The van der Waals surface area contributed by atoms with Crippen LogP contribution in [0.5, 0.6) is 5.75 Å². The summed E-state index contributed by atoms with van der Waals surface area (Å²) in [4.78, 5) is 16.2. The van der Waals surface area contributed by atoms with E-state index >= 15 is 0 Å². The van der Waals surface area contributed by atoms with E-state index in [4.69, 9.17) is 4.74 Å². The molecule has 0 radical (unpaired) electrons. The highest BCUT2D eigenvalue weighted by atomic mass is 32.2. The Hall–Kier alpha value is -3.91. The largest absolute Gasteiger partial charge is 0.483 e. The molecular formula is C23H19N3O4S. The second kappa shape index (κ2) is 8.85. The van der Waals surface area contributed by atoms with Crippen LogP contribution >= 0.6 is 0 Å². The molecule has 7 nitrogen and oxygen atoms in total. The SMILES string of the molecule is O=C(COc1cccc2ccccc12)Nc1ccc(S(=O)(=O)Nc2cccnc2)cc1. The van der Waals surface area contributed by atoms with E-state index in [1.54, 1.807) is 18.3 Å². The van der Waals surface area contributed by atoms with Crippen LogP contribution in [0.1, 0.15) is 0 Å². The average molecular weight is 433 g/mol. The van der Waals surface area contributed by atoms with Crippen LogP contribution in [0.3, 0.4) is 0 Å². The van der Waals surface area contributed by atoms with Crippen molar-refractivity contribution in [1.82, 2.24) is 4.98 Å². The maximum atomic E-state index is 12.5. The van der Waals surface area contributed by atoms with Crippen molar-refractivity contribution in [3.8, 4) is 5.75 Å². The minimum absolute atomic E-state index is 0.0707. The monoisotopic (exact) mass is 433 g/mol. The molecule has 2 N–H and O–H groups in total. The molecule has 0 bridgehead atoms. The maximum absolute atomic E-state index is 12.5. The fourth-order valence-electron chi connectivity index (χ4n) is 3.02. The van der Waals surface area contributed by atoms with E-state index in [9.17, 15) is 13.2 Å². The highest BCUT2D eigenvalue weighted by Gasteiger charge is 2.14. The average Bonchev–Trinajstić information content (AvgIpc) is 2.78. The van der Waals surface area contributed by atoms with Gasteiger partial charge >= 0.3 is 0 Å². The Balaban J connectivity index is 1.38. The minimum atomic E-state index is -3.75. The van der Waals surface area contributed by atoms with Gasteiger partial charge in [0, 0.05) is 17.3 Å². The first-order valence-corrected chi connectivity index (χ1v) is 10.9. The number of aromatic nitrogens is 1. The van der Waals surface area contributed by atoms with Crippen molar-refractivity contribution in [2.24, 2.45) is 0 Å². The van der Waals surface area contributed by atoms with Crippen molar-refractivity contribution < 1.29 is 17.9 Å². The van der Waals surface area contributed by atoms with Crippen molar-refractivity contribution in [2.75, 3.05) is 16.6 Å². The third-order valence-corrected chi connectivity index (χ3v) is 5.87. The number of carbonyl (C=O) groups is 1. The number of nitrogens with zero attached hydrogens (tertiary/aromatic N) is 1. The number of carbonyl (C=O) groups excluding carboxylic acids is 1. The molecule has 0 unspecified atom stereocenters. The number of pyridine rings is 1. The standard InChI is InChI=1S/C23H19N3O4S/c27-23(16-30-22-9-3-6-17-5-1-2-8-21(17)22)25-18-10-12-20(13-11-18)31(28,29)26-19-7-4-14-24-15-19/h1-15,26H,16H2,(H,25,27). The Morgan fingerprint density at radius 2 is 1.65 bits per heavy atom. The van der Waals surface area contributed by atoms with Gasteiger partial charge in [-0.05, 0) is 47.9 Å². The smallest absolute Gasteiger partial charge is 0.262 e. The molecule has 1 aromatic heterocycles. The highest BCUT2D eigenvalue weighted by molar-refractivity contribution is 7.92. The molecule has 0 saturated carbocycles. The summed E-state index contributed by atoms with van der Waals surface area (Å²) in [6.07, 6.45) is 2.97. The molecule has 0 aliphatic heterocycles.